The summed E-state index contributed by atoms with van der Waals surface area (Å²) in [5.41, 5.74) is 3.43. The smallest absolute Gasteiger partial charge is 0.255 e. The Morgan fingerprint density at radius 2 is 1.62 bits per heavy atom. The van der Waals surface area contributed by atoms with Gasteiger partial charge in [0.15, 0.2) is 5.79 Å². The molecule has 3 aromatic carbocycles. The summed E-state index contributed by atoms with van der Waals surface area (Å²) in [4.78, 5) is 17.4. The highest BCUT2D eigenvalue weighted by Gasteiger charge is 2.37. The lowest BCUT2D eigenvalue weighted by Gasteiger charge is -2.37. The van der Waals surface area contributed by atoms with Crippen molar-refractivity contribution in [2.24, 2.45) is 0 Å². The van der Waals surface area contributed by atoms with E-state index in [1.807, 2.05) is 55.5 Å². The number of carbonyl (C=O) groups excluding carboxylic acids is 1. The van der Waals surface area contributed by atoms with Gasteiger partial charge in [0.2, 0.25) is 0 Å². The van der Waals surface area contributed by atoms with Crippen LogP contribution in [0.1, 0.15) is 25.8 Å². The second-order valence-corrected chi connectivity index (χ2v) is 13.6. The molecule has 3 atom stereocenters. The van der Waals surface area contributed by atoms with Crippen molar-refractivity contribution in [3.05, 3.63) is 118 Å². The number of nitrogens with one attached hydrogen (secondary N) is 1. The van der Waals surface area contributed by atoms with Gasteiger partial charge in [0.25, 0.3) is 5.91 Å². The molecule has 3 aromatic rings. The number of benzene rings is 3. The van der Waals surface area contributed by atoms with Gasteiger partial charge in [-0.3, -0.25) is 4.79 Å². The van der Waals surface area contributed by atoms with Crippen LogP contribution in [0.5, 0.6) is 5.75 Å². The number of piperazine rings is 1. The van der Waals surface area contributed by atoms with E-state index >= 15 is 0 Å². The molecule has 6 rings (SSSR count). The molecule has 2 aliphatic heterocycles. The molecule has 48 heavy (non-hydrogen) atoms. The Bertz CT molecular complexity index is 1680. The van der Waals surface area contributed by atoms with Crippen LogP contribution >= 0.6 is 23.2 Å². The predicted octanol–water partition coefficient (Wildman–Crippen LogP) is 7.21. The first kappa shape index (κ1) is 34.1. The van der Waals surface area contributed by atoms with E-state index in [1.165, 1.54) is 0 Å². The molecule has 2 fully saturated rings. The molecule has 2 N–H and O–H groups in total. The van der Waals surface area contributed by atoms with Crippen molar-refractivity contribution in [1.29, 1.82) is 0 Å². The summed E-state index contributed by atoms with van der Waals surface area (Å²) in [6.45, 7) is 8.07. The van der Waals surface area contributed by atoms with Crippen LogP contribution in [0.3, 0.4) is 0 Å². The molecule has 10 heteroatoms. The first-order chi connectivity index (χ1) is 23.0. The highest BCUT2D eigenvalue weighted by Crippen LogP contribution is 2.31. The number of halogens is 2. The highest BCUT2D eigenvalue weighted by molar-refractivity contribution is 6.35. The van der Waals surface area contributed by atoms with Crippen LogP contribution < -0.4 is 19.9 Å². The van der Waals surface area contributed by atoms with Crippen LogP contribution in [-0.2, 0) is 20.7 Å². The van der Waals surface area contributed by atoms with Gasteiger partial charge < -0.3 is 34.4 Å². The Kier molecular flexibility index (Phi) is 10.5. The maximum Gasteiger partial charge on any atom is 0.255 e. The molecule has 0 bridgehead atoms. The average molecular weight is 691 g/mol. The summed E-state index contributed by atoms with van der Waals surface area (Å²) < 4.78 is 18.3. The van der Waals surface area contributed by atoms with E-state index < -0.39 is 11.4 Å². The molecule has 2 saturated heterocycles. The minimum absolute atomic E-state index is 0.152. The minimum atomic E-state index is -1.07. The third-order valence-corrected chi connectivity index (χ3v) is 9.42. The monoisotopic (exact) mass is 689 g/mol. The predicted molar refractivity (Wildman–Crippen MR) is 192 cm³/mol. The summed E-state index contributed by atoms with van der Waals surface area (Å²) in [6.07, 6.45) is 9.53. The summed E-state index contributed by atoms with van der Waals surface area (Å²) in [6, 6.07) is 21.7. The zero-order chi connectivity index (χ0) is 33.7. The van der Waals surface area contributed by atoms with Gasteiger partial charge in [-0.1, -0.05) is 41.4 Å². The van der Waals surface area contributed by atoms with E-state index in [0.717, 1.165) is 61.0 Å². The second-order valence-electron chi connectivity index (χ2n) is 12.7. The van der Waals surface area contributed by atoms with Crippen LogP contribution in [0.4, 0.5) is 17.1 Å². The number of hydrogen-bond donors (Lipinski definition) is 2. The zero-order valence-corrected chi connectivity index (χ0v) is 28.7. The Morgan fingerprint density at radius 1 is 0.958 bits per heavy atom. The fourth-order valence-electron chi connectivity index (χ4n) is 5.98. The lowest BCUT2D eigenvalue weighted by molar-refractivity contribution is -0.160. The minimum Gasteiger partial charge on any atom is -0.491 e. The van der Waals surface area contributed by atoms with E-state index in [1.54, 1.807) is 43.4 Å². The number of ether oxygens (including phenoxy) is 3. The number of amides is 1. The SMILES string of the molecule is CC1(O)C=CC=C(C(=O)Nc2ccc(N3CCN(c4ccc(OCC5COC(C)(CCc6ccc(Cl)cc6Cl)O5)cc4)CC3)cc2)C=C1. The second kappa shape index (κ2) is 14.8. The molecule has 0 aromatic heterocycles. The first-order valence-corrected chi connectivity index (χ1v) is 17.0. The van der Waals surface area contributed by atoms with Crippen molar-refractivity contribution in [3.8, 4) is 5.75 Å². The molecule has 0 saturated carbocycles. The number of carbonyl (C=O) groups is 1. The number of nitrogens with zero attached hydrogens (tertiary/aromatic N) is 2. The molecule has 2 heterocycles. The lowest BCUT2D eigenvalue weighted by atomic mass is 10.1. The van der Waals surface area contributed by atoms with Crippen molar-refractivity contribution in [1.82, 2.24) is 0 Å². The Hall–Kier alpha value is -3.79. The Morgan fingerprint density at radius 3 is 2.29 bits per heavy atom. The molecule has 8 nitrogen and oxygen atoms in total. The largest absolute Gasteiger partial charge is 0.491 e. The molecular formula is C38H41Cl2N3O5. The summed E-state index contributed by atoms with van der Waals surface area (Å²) in [7, 11) is 0. The van der Waals surface area contributed by atoms with Crippen LogP contribution in [-0.4, -0.2) is 67.9 Å². The van der Waals surface area contributed by atoms with E-state index in [4.69, 9.17) is 37.4 Å². The fourth-order valence-corrected chi connectivity index (χ4v) is 6.48. The van der Waals surface area contributed by atoms with Crippen LogP contribution in [0.25, 0.3) is 0 Å². The topological polar surface area (TPSA) is 83.5 Å². The fraction of sp³-hybridized carbons (Fsp3) is 0.342. The quantitative estimate of drug-likeness (QED) is 0.233. The number of allylic oxidation sites excluding steroid dienone is 2. The van der Waals surface area contributed by atoms with Gasteiger partial charge in [-0.15, -0.1) is 0 Å². The summed E-state index contributed by atoms with van der Waals surface area (Å²) in [5.74, 6) is -0.111. The Balaban J connectivity index is 0.927. The van der Waals surface area contributed by atoms with Crippen LogP contribution in [0.2, 0.25) is 10.0 Å². The van der Waals surface area contributed by atoms with E-state index in [0.29, 0.717) is 35.3 Å². The van der Waals surface area contributed by atoms with Crippen molar-refractivity contribution in [3.63, 3.8) is 0 Å². The highest BCUT2D eigenvalue weighted by atomic mass is 35.5. The number of hydrogen-bond acceptors (Lipinski definition) is 7. The molecule has 3 unspecified atom stereocenters. The van der Waals surface area contributed by atoms with Gasteiger partial charge in [-0.25, -0.2) is 0 Å². The summed E-state index contributed by atoms with van der Waals surface area (Å²) in [5, 5.41) is 14.4. The number of aliphatic hydroxyl groups is 1. The van der Waals surface area contributed by atoms with Crippen molar-refractivity contribution >= 4 is 46.2 Å². The van der Waals surface area contributed by atoms with Gasteiger partial charge in [0.1, 0.15) is 18.5 Å². The molecule has 0 spiro atoms. The lowest BCUT2D eigenvalue weighted by Crippen LogP contribution is -2.46. The van der Waals surface area contributed by atoms with Crippen molar-refractivity contribution in [2.45, 2.75) is 44.2 Å². The average Bonchev–Trinajstić information content (AvgIpc) is 3.35. The molecule has 252 valence electrons. The maximum absolute atomic E-state index is 12.7. The molecule has 1 amide bonds. The maximum atomic E-state index is 12.7. The van der Waals surface area contributed by atoms with Gasteiger partial charge >= 0.3 is 0 Å². The van der Waals surface area contributed by atoms with E-state index in [2.05, 4.69) is 27.2 Å². The number of anilines is 3. The third kappa shape index (κ3) is 8.81. The number of rotatable bonds is 10. The van der Waals surface area contributed by atoms with E-state index in [-0.39, 0.29) is 12.0 Å². The van der Waals surface area contributed by atoms with Gasteiger partial charge in [-0.05, 0) is 105 Å². The first-order valence-electron chi connectivity index (χ1n) is 16.3. The van der Waals surface area contributed by atoms with Gasteiger partial charge in [0.05, 0.1) is 12.2 Å². The van der Waals surface area contributed by atoms with Gasteiger partial charge in [0, 0.05) is 65.3 Å². The van der Waals surface area contributed by atoms with Gasteiger partial charge in [-0.2, -0.15) is 0 Å². The molecule has 3 aliphatic rings. The normalized spacial score (nSPS) is 23.9. The van der Waals surface area contributed by atoms with E-state index in [9.17, 15) is 9.90 Å². The molecular weight excluding hydrogens is 649 g/mol. The van der Waals surface area contributed by atoms with Crippen molar-refractivity contribution < 1.29 is 24.1 Å². The zero-order valence-electron chi connectivity index (χ0n) is 27.2. The van der Waals surface area contributed by atoms with Crippen LogP contribution in [0.15, 0.2) is 103 Å². The standard InChI is InChI=1S/C38H41Cl2N3O5/c1-37(45)17-3-4-28(15-18-37)36(44)41-30-7-9-31(10-8-30)42-20-22-43(23-21-42)32-11-13-33(14-12-32)46-25-34-26-47-38(2,48-34)19-16-27-5-6-29(39)24-35(27)40/h3-15,17-18,24,34,45H,16,19-23,25-26H2,1-2H3,(H,41,44). The van der Waals surface area contributed by atoms with Crippen molar-refractivity contribution in [2.75, 3.05) is 54.5 Å². The number of aryl methyl sites for hydroxylation is 1. The third-order valence-electron chi connectivity index (χ3n) is 8.83. The molecule has 0 radical (unpaired) electrons. The molecule has 1 aliphatic carbocycles. The summed E-state index contributed by atoms with van der Waals surface area (Å²) >= 11 is 12.4. The Labute approximate surface area is 292 Å². The van der Waals surface area contributed by atoms with Crippen LogP contribution in [0, 0.1) is 0 Å².